The predicted octanol–water partition coefficient (Wildman–Crippen LogP) is 3.56. The van der Waals surface area contributed by atoms with Gasteiger partial charge in [-0.15, -0.1) is 11.8 Å². The molecule has 0 fully saturated rings. The molecule has 1 heterocycles. The number of fused-ring (bicyclic) bond motifs is 1. The molecular formula is C18H19ClN2OS. The fraction of sp³-hybridized carbons (Fsp3) is 0.278. The van der Waals surface area contributed by atoms with Crippen molar-refractivity contribution in [2.24, 2.45) is 5.73 Å². The van der Waals surface area contributed by atoms with E-state index in [1.54, 1.807) is 11.8 Å². The Morgan fingerprint density at radius 1 is 1.30 bits per heavy atom. The summed E-state index contributed by atoms with van der Waals surface area (Å²) in [6.45, 7) is 0. The van der Waals surface area contributed by atoms with E-state index in [1.807, 2.05) is 48.5 Å². The SMILES string of the molecule is N[C@@H](Cc1ccccc1)C(=O)NC1CCSc2ccc(Cl)cc21. The van der Waals surface area contributed by atoms with Crippen LogP contribution in [0.2, 0.25) is 5.02 Å². The van der Waals surface area contributed by atoms with Gasteiger partial charge >= 0.3 is 0 Å². The first-order chi connectivity index (χ1) is 11.1. The van der Waals surface area contributed by atoms with Crippen molar-refractivity contribution in [3.05, 3.63) is 64.7 Å². The van der Waals surface area contributed by atoms with Crippen LogP contribution in [0.4, 0.5) is 0 Å². The van der Waals surface area contributed by atoms with E-state index in [-0.39, 0.29) is 11.9 Å². The Hall–Kier alpha value is -1.49. The number of hydrogen-bond donors (Lipinski definition) is 2. The molecule has 3 rings (SSSR count). The molecule has 1 aliphatic heterocycles. The predicted molar refractivity (Wildman–Crippen MR) is 95.8 cm³/mol. The second kappa shape index (κ2) is 7.39. The minimum atomic E-state index is -0.547. The molecule has 1 amide bonds. The highest BCUT2D eigenvalue weighted by atomic mass is 35.5. The molecule has 0 spiro atoms. The lowest BCUT2D eigenvalue weighted by molar-refractivity contribution is -0.123. The number of nitrogens with two attached hydrogens (primary N) is 1. The number of rotatable bonds is 4. The number of nitrogens with one attached hydrogen (secondary N) is 1. The molecule has 3 nitrogen and oxygen atoms in total. The van der Waals surface area contributed by atoms with Crippen molar-refractivity contribution >= 4 is 29.3 Å². The van der Waals surface area contributed by atoms with Gasteiger partial charge in [-0.2, -0.15) is 0 Å². The number of thioether (sulfide) groups is 1. The summed E-state index contributed by atoms with van der Waals surface area (Å²) in [5.74, 6) is 0.865. The molecule has 0 saturated carbocycles. The molecule has 3 N–H and O–H groups in total. The first-order valence-electron chi connectivity index (χ1n) is 7.65. The van der Waals surface area contributed by atoms with Crippen LogP contribution < -0.4 is 11.1 Å². The average Bonchev–Trinajstić information content (AvgIpc) is 2.56. The maximum atomic E-state index is 12.4. The monoisotopic (exact) mass is 346 g/mol. The summed E-state index contributed by atoms with van der Waals surface area (Å²) in [7, 11) is 0. The van der Waals surface area contributed by atoms with Crippen molar-refractivity contribution in [3.8, 4) is 0 Å². The van der Waals surface area contributed by atoms with E-state index in [2.05, 4.69) is 5.32 Å². The molecule has 1 unspecified atom stereocenters. The first kappa shape index (κ1) is 16.4. The van der Waals surface area contributed by atoms with E-state index in [9.17, 15) is 4.79 Å². The summed E-state index contributed by atoms with van der Waals surface area (Å²) < 4.78 is 0. The maximum absolute atomic E-state index is 12.4. The number of hydrogen-bond acceptors (Lipinski definition) is 3. The van der Waals surface area contributed by atoms with Crippen LogP contribution in [0.15, 0.2) is 53.4 Å². The highest BCUT2D eigenvalue weighted by Crippen LogP contribution is 2.37. The van der Waals surface area contributed by atoms with Crippen LogP contribution in [0.3, 0.4) is 0 Å². The molecule has 0 aromatic heterocycles. The largest absolute Gasteiger partial charge is 0.348 e. The van der Waals surface area contributed by atoms with Crippen molar-refractivity contribution < 1.29 is 4.79 Å². The van der Waals surface area contributed by atoms with Gasteiger partial charge in [-0.1, -0.05) is 41.9 Å². The zero-order chi connectivity index (χ0) is 16.2. The summed E-state index contributed by atoms with van der Waals surface area (Å²) >= 11 is 7.90. The number of halogens is 1. The number of carbonyl (C=O) groups is 1. The molecule has 2 aromatic carbocycles. The van der Waals surface area contributed by atoms with E-state index < -0.39 is 6.04 Å². The van der Waals surface area contributed by atoms with Crippen LogP contribution in [0.1, 0.15) is 23.6 Å². The lowest BCUT2D eigenvalue weighted by Crippen LogP contribution is -2.44. The molecule has 0 aliphatic carbocycles. The average molecular weight is 347 g/mol. The van der Waals surface area contributed by atoms with Gasteiger partial charge in [-0.05, 0) is 42.2 Å². The third-order valence-electron chi connectivity index (χ3n) is 3.96. The van der Waals surface area contributed by atoms with E-state index in [1.165, 1.54) is 4.90 Å². The minimum Gasteiger partial charge on any atom is -0.348 e. The van der Waals surface area contributed by atoms with Gasteiger partial charge in [0.25, 0.3) is 0 Å². The summed E-state index contributed by atoms with van der Waals surface area (Å²) in [4.78, 5) is 13.6. The zero-order valence-corrected chi connectivity index (χ0v) is 14.2. The van der Waals surface area contributed by atoms with E-state index >= 15 is 0 Å². The van der Waals surface area contributed by atoms with Crippen molar-refractivity contribution in [3.63, 3.8) is 0 Å². The van der Waals surface area contributed by atoms with Gasteiger partial charge in [-0.25, -0.2) is 0 Å². The standard InChI is InChI=1S/C18H19ClN2OS/c19-13-6-7-17-14(11-13)16(8-9-23-17)21-18(22)15(20)10-12-4-2-1-3-5-12/h1-7,11,15-16H,8-10,20H2,(H,21,22)/t15-,16?/m0/s1. The Labute approximate surface area is 145 Å². The first-order valence-corrected chi connectivity index (χ1v) is 9.02. The Bertz CT molecular complexity index is 693. The van der Waals surface area contributed by atoms with Crippen molar-refractivity contribution in [1.29, 1.82) is 0 Å². The Morgan fingerprint density at radius 2 is 2.09 bits per heavy atom. The minimum absolute atomic E-state index is 0.0146. The fourth-order valence-electron chi connectivity index (χ4n) is 2.75. The van der Waals surface area contributed by atoms with E-state index in [0.717, 1.165) is 23.3 Å². The quantitative estimate of drug-likeness (QED) is 0.890. The normalized spacial score (nSPS) is 18.1. The molecule has 120 valence electrons. The van der Waals surface area contributed by atoms with Crippen molar-refractivity contribution in [2.45, 2.75) is 29.8 Å². The zero-order valence-electron chi connectivity index (χ0n) is 12.7. The van der Waals surface area contributed by atoms with Crippen LogP contribution >= 0.6 is 23.4 Å². The summed E-state index contributed by atoms with van der Waals surface area (Å²) in [5, 5.41) is 3.78. The summed E-state index contributed by atoms with van der Waals surface area (Å²) in [5.41, 5.74) is 8.23. The Balaban J connectivity index is 1.68. The smallest absolute Gasteiger partial charge is 0.237 e. The lowest BCUT2D eigenvalue weighted by Gasteiger charge is -2.27. The lowest BCUT2D eigenvalue weighted by atomic mass is 10.0. The molecule has 0 saturated heterocycles. The molecular weight excluding hydrogens is 328 g/mol. The van der Waals surface area contributed by atoms with Crippen LogP contribution in [0.5, 0.6) is 0 Å². The fourth-order valence-corrected chi connectivity index (χ4v) is 4.04. The maximum Gasteiger partial charge on any atom is 0.237 e. The number of amides is 1. The molecule has 0 bridgehead atoms. The van der Waals surface area contributed by atoms with Gasteiger partial charge < -0.3 is 11.1 Å². The molecule has 2 aromatic rings. The van der Waals surface area contributed by atoms with Crippen LogP contribution in [0, 0.1) is 0 Å². The van der Waals surface area contributed by atoms with Gasteiger partial charge in [-0.3, -0.25) is 4.79 Å². The van der Waals surface area contributed by atoms with E-state index in [4.69, 9.17) is 17.3 Å². The van der Waals surface area contributed by atoms with Crippen molar-refractivity contribution in [2.75, 3.05) is 5.75 Å². The molecule has 23 heavy (non-hydrogen) atoms. The van der Waals surface area contributed by atoms with Gasteiger partial charge in [0.2, 0.25) is 5.91 Å². The highest BCUT2D eigenvalue weighted by Gasteiger charge is 2.24. The topological polar surface area (TPSA) is 55.1 Å². The van der Waals surface area contributed by atoms with E-state index in [0.29, 0.717) is 11.4 Å². The summed E-state index contributed by atoms with van der Waals surface area (Å²) in [6, 6.07) is 15.1. The Kier molecular flexibility index (Phi) is 5.26. The summed E-state index contributed by atoms with van der Waals surface area (Å²) in [6.07, 6.45) is 1.43. The van der Waals surface area contributed by atoms with Gasteiger partial charge in [0.15, 0.2) is 0 Å². The number of carbonyl (C=O) groups excluding carboxylic acids is 1. The second-order valence-corrected chi connectivity index (χ2v) is 7.25. The second-order valence-electron chi connectivity index (χ2n) is 5.68. The van der Waals surface area contributed by atoms with Gasteiger partial charge in [0.1, 0.15) is 0 Å². The molecule has 2 atom stereocenters. The third-order valence-corrected chi connectivity index (χ3v) is 5.32. The molecule has 1 aliphatic rings. The van der Waals surface area contributed by atoms with Crippen LogP contribution in [-0.4, -0.2) is 17.7 Å². The van der Waals surface area contributed by atoms with Crippen LogP contribution in [-0.2, 0) is 11.2 Å². The molecule has 5 heteroatoms. The van der Waals surface area contributed by atoms with Crippen molar-refractivity contribution in [1.82, 2.24) is 5.32 Å². The number of benzene rings is 2. The van der Waals surface area contributed by atoms with Gasteiger partial charge in [0, 0.05) is 15.7 Å². The highest BCUT2D eigenvalue weighted by molar-refractivity contribution is 7.99. The van der Waals surface area contributed by atoms with Gasteiger partial charge in [0.05, 0.1) is 12.1 Å². The third kappa shape index (κ3) is 4.08. The molecule has 0 radical (unpaired) electrons. The van der Waals surface area contributed by atoms with Crippen LogP contribution in [0.25, 0.3) is 0 Å². The Morgan fingerprint density at radius 3 is 2.87 bits per heavy atom.